The topological polar surface area (TPSA) is 55.1 Å². The van der Waals surface area contributed by atoms with Crippen LogP contribution < -0.4 is 11.1 Å². The highest BCUT2D eigenvalue weighted by molar-refractivity contribution is 5.84. The molecule has 3 heteroatoms. The average molecular weight is 244 g/mol. The average Bonchev–Trinajstić information content (AvgIpc) is 2.37. The van der Waals surface area contributed by atoms with E-state index in [-0.39, 0.29) is 17.9 Å². The molecule has 0 fully saturated rings. The standard InChI is InChI=1S/C15H20N2O/c1-4-7-14(5-2)17-15(18)11(3)12-8-6-9-13(16)10-12/h2,6,8-11,14H,4,7,16H2,1,3H3,(H,17,18). The van der Waals surface area contributed by atoms with Gasteiger partial charge in [-0.3, -0.25) is 4.79 Å². The molecule has 0 aliphatic rings. The molecule has 0 bridgehead atoms. The van der Waals surface area contributed by atoms with Crippen LogP contribution in [0.15, 0.2) is 24.3 Å². The van der Waals surface area contributed by atoms with Gasteiger partial charge in [-0.25, -0.2) is 0 Å². The van der Waals surface area contributed by atoms with Gasteiger partial charge in [-0.05, 0) is 31.0 Å². The van der Waals surface area contributed by atoms with Crippen molar-refractivity contribution < 1.29 is 4.79 Å². The molecular formula is C15H20N2O. The summed E-state index contributed by atoms with van der Waals surface area (Å²) in [5, 5.41) is 2.87. The highest BCUT2D eigenvalue weighted by Gasteiger charge is 2.17. The second kappa shape index (κ2) is 6.70. The molecule has 1 rings (SSSR count). The SMILES string of the molecule is C#CC(CCC)NC(=O)C(C)c1cccc(N)c1. The van der Waals surface area contributed by atoms with Crippen molar-refractivity contribution in [2.75, 3.05) is 5.73 Å². The third-order valence-electron chi connectivity index (χ3n) is 2.90. The Morgan fingerprint density at radius 3 is 2.83 bits per heavy atom. The van der Waals surface area contributed by atoms with Gasteiger partial charge in [0.2, 0.25) is 5.91 Å². The molecule has 0 aliphatic heterocycles. The lowest BCUT2D eigenvalue weighted by Gasteiger charge is -2.17. The maximum Gasteiger partial charge on any atom is 0.228 e. The Balaban J connectivity index is 2.70. The van der Waals surface area contributed by atoms with Gasteiger partial charge in [0, 0.05) is 5.69 Å². The van der Waals surface area contributed by atoms with Gasteiger partial charge in [-0.2, -0.15) is 0 Å². The number of nitrogens with two attached hydrogens (primary N) is 1. The molecule has 0 aromatic heterocycles. The molecule has 3 N–H and O–H groups in total. The molecule has 18 heavy (non-hydrogen) atoms. The van der Waals surface area contributed by atoms with E-state index in [2.05, 4.69) is 11.2 Å². The zero-order valence-electron chi connectivity index (χ0n) is 10.9. The van der Waals surface area contributed by atoms with Crippen LogP contribution in [0.1, 0.15) is 38.2 Å². The summed E-state index contributed by atoms with van der Waals surface area (Å²) in [5.74, 6) is 2.29. The lowest BCUT2D eigenvalue weighted by atomic mass is 9.99. The van der Waals surface area contributed by atoms with Gasteiger partial charge in [0.25, 0.3) is 0 Å². The first-order valence-corrected chi connectivity index (χ1v) is 6.20. The monoisotopic (exact) mass is 244 g/mol. The van der Waals surface area contributed by atoms with Gasteiger partial charge in [0.05, 0.1) is 12.0 Å². The minimum Gasteiger partial charge on any atom is -0.399 e. The number of carbonyl (C=O) groups excluding carboxylic acids is 1. The van der Waals surface area contributed by atoms with Crippen LogP contribution in [-0.4, -0.2) is 11.9 Å². The van der Waals surface area contributed by atoms with E-state index in [4.69, 9.17) is 12.2 Å². The largest absolute Gasteiger partial charge is 0.399 e. The van der Waals surface area contributed by atoms with Gasteiger partial charge in [0.15, 0.2) is 0 Å². The van der Waals surface area contributed by atoms with E-state index in [9.17, 15) is 4.79 Å². The fourth-order valence-electron chi connectivity index (χ4n) is 1.76. The summed E-state index contributed by atoms with van der Waals surface area (Å²) in [6.07, 6.45) is 7.13. The van der Waals surface area contributed by atoms with E-state index < -0.39 is 0 Å². The van der Waals surface area contributed by atoms with E-state index in [0.717, 1.165) is 18.4 Å². The molecule has 96 valence electrons. The summed E-state index contributed by atoms with van der Waals surface area (Å²) in [7, 11) is 0. The number of carbonyl (C=O) groups is 1. The fraction of sp³-hybridized carbons (Fsp3) is 0.400. The lowest BCUT2D eigenvalue weighted by Crippen LogP contribution is -2.36. The van der Waals surface area contributed by atoms with E-state index >= 15 is 0 Å². The molecule has 3 nitrogen and oxygen atoms in total. The van der Waals surface area contributed by atoms with Crippen LogP contribution in [0.25, 0.3) is 0 Å². The minimum atomic E-state index is -0.249. The highest BCUT2D eigenvalue weighted by atomic mass is 16.1. The first-order chi connectivity index (χ1) is 8.58. The maximum atomic E-state index is 12.1. The van der Waals surface area contributed by atoms with Crippen molar-refractivity contribution in [3.05, 3.63) is 29.8 Å². The summed E-state index contributed by atoms with van der Waals surface area (Å²) in [4.78, 5) is 12.1. The normalized spacial score (nSPS) is 13.4. The number of nitrogens with one attached hydrogen (secondary N) is 1. The molecule has 0 saturated heterocycles. The Morgan fingerprint density at radius 2 is 2.28 bits per heavy atom. The summed E-state index contributed by atoms with van der Waals surface area (Å²) in [5.41, 5.74) is 7.27. The smallest absolute Gasteiger partial charge is 0.228 e. The predicted molar refractivity (Wildman–Crippen MR) is 74.9 cm³/mol. The zero-order valence-corrected chi connectivity index (χ0v) is 10.9. The van der Waals surface area contributed by atoms with Gasteiger partial charge < -0.3 is 11.1 Å². The highest BCUT2D eigenvalue weighted by Crippen LogP contribution is 2.18. The first-order valence-electron chi connectivity index (χ1n) is 6.20. The summed E-state index contributed by atoms with van der Waals surface area (Å²) in [6.45, 7) is 3.89. The number of amides is 1. The van der Waals surface area contributed by atoms with Gasteiger partial charge in [0.1, 0.15) is 0 Å². The number of hydrogen-bond acceptors (Lipinski definition) is 2. The number of nitrogen functional groups attached to an aromatic ring is 1. The van der Waals surface area contributed by atoms with E-state index in [1.807, 2.05) is 32.0 Å². The molecule has 1 aromatic rings. The summed E-state index contributed by atoms with van der Waals surface area (Å²) < 4.78 is 0. The van der Waals surface area contributed by atoms with Crippen molar-refractivity contribution in [1.82, 2.24) is 5.32 Å². The van der Waals surface area contributed by atoms with E-state index in [1.54, 1.807) is 6.07 Å². The molecule has 1 amide bonds. The van der Waals surface area contributed by atoms with Crippen molar-refractivity contribution in [3.8, 4) is 12.3 Å². The molecule has 1 aromatic carbocycles. The number of terminal acetylenes is 1. The summed E-state index contributed by atoms with van der Waals surface area (Å²) >= 11 is 0. The Hall–Kier alpha value is -1.95. The number of hydrogen-bond donors (Lipinski definition) is 2. The minimum absolute atomic E-state index is 0.0583. The van der Waals surface area contributed by atoms with Gasteiger partial charge in [-0.1, -0.05) is 31.4 Å². The third-order valence-corrected chi connectivity index (χ3v) is 2.90. The van der Waals surface area contributed by atoms with Crippen molar-refractivity contribution in [2.45, 2.75) is 38.6 Å². The number of anilines is 1. The molecule has 0 heterocycles. The fourth-order valence-corrected chi connectivity index (χ4v) is 1.76. The molecule has 0 radical (unpaired) electrons. The van der Waals surface area contributed by atoms with E-state index in [1.165, 1.54) is 0 Å². The van der Waals surface area contributed by atoms with Crippen LogP contribution in [0.2, 0.25) is 0 Å². The number of rotatable bonds is 5. The summed E-state index contributed by atoms with van der Waals surface area (Å²) in [6, 6.07) is 7.17. The van der Waals surface area contributed by atoms with Crippen LogP contribution in [0.4, 0.5) is 5.69 Å². The van der Waals surface area contributed by atoms with Gasteiger partial charge in [-0.15, -0.1) is 6.42 Å². The van der Waals surface area contributed by atoms with Crippen molar-refractivity contribution in [1.29, 1.82) is 0 Å². The lowest BCUT2D eigenvalue weighted by molar-refractivity contribution is -0.122. The van der Waals surface area contributed by atoms with Crippen LogP contribution in [-0.2, 0) is 4.79 Å². The Morgan fingerprint density at radius 1 is 1.56 bits per heavy atom. The van der Waals surface area contributed by atoms with Crippen molar-refractivity contribution >= 4 is 11.6 Å². The molecular weight excluding hydrogens is 224 g/mol. The second-order valence-electron chi connectivity index (χ2n) is 4.41. The number of benzene rings is 1. The van der Waals surface area contributed by atoms with Gasteiger partial charge >= 0.3 is 0 Å². The van der Waals surface area contributed by atoms with Crippen LogP contribution in [0, 0.1) is 12.3 Å². The van der Waals surface area contributed by atoms with E-state index in [0.29, 0.717) is 5.69 Å². The zero-order chi connectivity index (χ0) is 13.5. The molecule has 0 spiro atoms. The van der Waals surface area contributed by atoms with Crippen LogP contribution in [0.5, 0.6) is 0 Å². The van der Waals surface area contributed by atoms with Crippen LogP contribution in [0.3, 0.4) is 0 Å². The Kier molecular flexibility index (Phi) is 5.26. The molecule has 2 unspecified atom stereocenters. The Labute approximate surface area is 109 Å². The molecule has 2 atom stereocenters. The third kappa shape index (κ3) is 3.81. The quantitative estimate of drug-likeness (QED) is 0.617. The second-order valence-corrected chi connectivity index (χ2v) is 4.41. The van der Waals surface area contributed by atoms with Crippen molar-refractivity contribution in [3.63, 3.8) is 0 Å². The van der Waals surface area contributed by atoms with Crippen molar-refractivity contribution in [2.24, 2.45) is 0 Å². The Bertz CT molecular complexity index is 448. The predicted octanol–water partition coefficient (Wildman–Crippen LogP) is 2.29. The molecule has 0 aliphatic carbocycles. The van der Waals surface area contributed by atoms with Crippen LogP contribution >= 0.6 is 0 Å². The maximum absolute atomic E-state index is 12.1. The first kappa shape index (κ1) is 14.1. The molecule has 0 saturated carbocycles.